The van der Waals surface area contributed by atoms with Crippen molar-refractivity contribution in [3.63, 3.8) is 0 Å². The molecule has 1 atom stereocenters. The summed E-state index contributed by atoms with van der Waals surface area (Å²) in [7, 11) is 0. The van der Waals surface area contributed by atoms with Crippen LogP contribution in [0.1, 0.15) is 31.7 Å². The highest BCUT2D eigenvalue weighted by atomic mass is 16.6. The number of hydrogen-bond acceptors (Lipinski definition) is 5. The maximum atomic E-state index is 10.9. The molecule has 0 aliphatic carbocycles. The van der Waals surface area contributed by atoms with Crippen LogP contribution in [0.2, 0.25) is 0 Å². The predicted octanol–water partition coefficient (Wildman–Crippen LogP) is 3.64. The fourth-order valence-corrected chi connectivity index (χ4v) is 3.17. The average molecular weight is 310 g/mol. The number of non-ortho nitro benzene ring substituents is 1. The highest BCUT2D eigenvalue weighted by Gasteiger charge is 2.21. The van der Waals surface area contributed by atoms with Crippen LogP contribution in [-0.4, -0.2) is 23.0 Å². The number of nitro benzene ring substituents is 1. The number of piperidine rings is 1. The highest BCUT2D eigenvalue weighted by Crippen LogP contribution is 2.29. The number of hydrogen-bond donors (Lipinski definition) is 0. The van der Waals surface area contributed by atoms with E-state index in [4.69, 9.17) is 0 Å². The van der Waals surface area contributed by atoms with E-state index >= 15 is 0 Å². The molecule has 1 unspecified atom stereocenters. The van der Waals surface area contributed by atoms with Crippen LogP contribution in [0.25, 0.3) is 10.9 Å². The number of aromatic nitrogens is 1. The number of pyridine rings is 1. The van der Waals surface area contributed by atoms with Crippen molar-refractivity contribution < 1.29 is 4.92 Å². The summed E-state index contributed by atoms with van der Waals surface area (Å²) in [5.41, 5.74) is 1.04. The van der Waals surface area contributed by atoms with Gasteiger partial charge in [0, 0.05) is 30.6 Å². The summed E-state index contributed by atoms with van der Waals surface area (Å²) < 4.78 is 0. The van der Waals surface area contributed by atoms with Crippen LogP contribution in [0.3, 0.4) is 0 Å². The molecule has 2 aromatic rings. The van der Waals surface area contributed by atoms with Crippen LogP contribution in [-0.2, 0) is 0 Å². The Morgan fingerprint density at radius 2 is 2.30 bits per heavy atom. The van der Waals surface area contributed by atoms with Gasteiger partial charge in [-0.3, -0.25) is 10.1 Å². The number of rotatable bonds is 3. The van der Waals surface area contributed by atoms with E-state index in [0.717, 1.165) is 31.7 Å². The monoisotopic (exact) mass is 310 g/mol. The van der Waals surface area contributed by atoms with Gasteiger partial charge in [0.15, 0.2) is 0 Å². The molecule has 1 fully saturated rings. The molecule has 1 saturated heterocycles. The Morgan fingerprint density at radius 1 is 1.48 bits per heavy atom. The molecular weight excluding hydrogens is 292 g/mol. The molecule has 1 aromatic heterocycles. The molecule has 0 spiro atoms. The molecule has 1 aliphatic rings. The van der Waals surface area contributed by atoms with E-state index in [9.17, 15) is 15.4 Å². The predicted molar refractivity (Wildman–Crippen MR) is 88.3 cm³/mol. The van der Waals surface area contributed by atoms with Crippen LogP contribution < -0.4 is 4.90 Å². The number of nitro groups is 1. The Kier molecular flexibility index (Phi) is 4.11. The Bertz CT molecular complexity index is 797. The topological polar surface area (TPSA) is 83.1 Å². The molecule has 6 nitrogen and oxygen atoms in total. The van der Waals surface area contributed by atoms with Gasteiger partial charge in [-0.25, -0.2) is 4.98 Å². The van der Waals surface area contributed by atoms with Gasteiger partial charge < -0.3 is 4.90 Å². The fraction of sp³-hybridized carbons (Fsp3) is 0.412. The van der Waals surface area contributed by atoms with Crippen LogP contribution in [0.15, 0.2) is 24.3 Å². The molecule has 23 heavy (non-hydrogen) atoms. The molecular formula is C17H18N4O2. The van der Waals surface area contributed by atoms with Crippen molar-refractivity contribution in [3.8, 4) is 6.07 Å². The van der Waals surface area contributed by atoms with Gasteiger partial charge in [-0.15, -0.1) is 0 Å². The SMILES string of the molecule is CCC1CCCN(c2cc(C#N)c3cc([N+](=O)[O-])ccc3n2)C1. The van der Waals surface area contributed by atoms with E-state index in [0.29, 0.717) is 22.4 Å². The van der Waals surface area contributed by atoms with Crippen LogP contribution in [0, 0.1) is 27.4 Å². The Labute approximate surface area is 134 Å². The van der Waals surface area contributed by atoms with Gasteiger partial charge in [-0.1, -0.05) is 13.3 Å². The molecule has 3 rings (SSSR count). The van der Waals surface area contributed by atoms with Crippen molar-refractivity contribution in [2.75, 3.05) is 18.0 Å². The van der Waals surface area contributed by atoms with Crippen molar-refractivity contribution in [3.05, 3.63) is 39.9 Å². The summed E-state index contributed by atoms with van der Waals surface area (Å²) in [6, 6.07) is 8.39. The van der Waals surface area contributed by atoms with E-state index < -0.39 is 4.92 Å². The largest absolute Gasteiger partial charge is 0.356 e. The van der Waals surface area contributed by atoms with Gasteiger partial charge in [-0.2, -0.15) is 5.26 Å². The second kappa shape index (κ2) is 6.21. The third-order valence-electron chi connectivity index (χ3n) is 4.53. The molecule has 0 radical (unpaired) electrons. The van der Waals surface area contributed by atoms with E-state index in [1.165, 1.54) is 18.6 Å². The molecule has 0 bridgehead atoms. The quantitative estimate of drug-likeness (QED) is 0.638. The van der Waals surface area contributed by atoms with Crippen LogP contribution >= 0.6 is 0 Å². The molecule has 0 amide bonds. The molecule has 6 heteroatoms. The summed E-state index contributed by atoms with van der Waals surface area (Å²) in [6.07, 6.45) is 3.50. The zero-order valence-corrected chi connectivity index (χ0v) is 13.0. The summed E-state index contributed by atoms with van der Waals surface area (Å²) in [4.78, 5) is 17.3. The first-order chi connectivity index (χ1) is 11.1. The standard InChI is InChI=1S/C17H18N4O2/c1-2-12-4-3-7-20(11-12)17-8-13(10-18)15-9-14(21(22)23)5-6-16(15)19-17/h5-6,8-9,12H,2-4,7,11H2,1H3. The average Bonchev–Trinajstić information content (AvgIpc) is 2.60. The number of anilines is 1. The lowest BCUT2D eigenvalue weighted by Gasteiger charge is -2.33. The zero-order chi connectivity index (χ0) is 16.4. The lowest BCUT2D eigenvalue weighted by molar-refractivity contribution is -0.384. The summed E-state index contributed by atoms with van der Waals surface area (Å²) >= 11 is 0. The highest BCUT2D eigenvalue weighted by molar-refractivity contribution is 5.88. The smallest absolute Gasteiger partial charge is 0.270 e. The minimum atomic E-state index is -0.453. The van der Waals surface area contributed by atoms with E-state index in [1.807, 2.05) is 0 Å². The fourth-order valence-electron chi connectivity index (χ4n) is 3.17. The third kappa shape index (κ3) is 2.95. The first-order valence-corrected chi connectivity index (χ1v) is 7.86. The molecule has 1 aromatic carbocycles. The summed E-state index contributed by atoms with van der Waals surface area (Å²) in [5, 5.41) is 20.9. The summed E-state index contributed by atoms with van der Waals surface area (Å²) in [5.74, 6) is 1.45. The minimum Gasteiger partial charge on any atom is -0.356 e. The maximum absolute atomic E-state index is 10.9. The Hall–Kier alpha value is -2.68. The van der Waals surface area contributed by atoms with Crippen molar-refractivity contribution in [2.45, 2.75) is 26.2 Å². The van der Waals surface area contributed by atoms with Crippen LogP contribution in [0.5, 0.6) is 0 Å². The minimum absolute atomic E-state index is 0.0208. The maximum Gasteiger partial charge on any atom is 0.270 e. The second-order valence-corrected chi connectivity index (χ2v) is 5.96. The van der Waals surface area contributed by atoms with Crippen LogP contribution in [0.4, 0.5) is 11.5 Å². The first kappa shape index (κ1) is 15.2. The van der Waals surface area contributed by atoms with Gasteiger partial charge >= 0.3 is 0 Å². The molecule has 118 valence electrons. The van der Waals surface area contributed by atoms with Gasteiger partial charge in [0.25, 0.3) is 5.69 Å². The number of benzene rings is 1. The Morgan fingerprint density at radius 3 is 3.00 bits per heavy atom. The molecule has 0 saturated carbocycles. The Balaban J connectivity index is 2.05. The van der Waals surface area contributed by atoms with Crippen molar-refractivity contribution in [1.82, 2.24) is 4.98 Å². The number of nitrogens with zero attached hydrogens (tertiary/aromatic N) is 4. The van der Waals surface area contributed by atoms with E-state index in [2.05, 4.69) is 22.9 Å². The third-order valence-corrected chi connectivity index (χ3v) is 4.53. The summed E-state index contributed by atoms with van der Waals surface area (Å²) in [6.45, 7) is 4.08. The lowest BCUT2D eigenvalue weighted by atomic mass is 9.95. The van der Waals surface area contributed by atoms with Gasteiger partial charge in [0.05, 0.1) is 22.1 Å². The van der Waals surface area contributed by atoms with Crippen molar-refractivity contribution in [2.24, 2.45) is 5.92 Å². The second-order valence-electron chi connectivity index (χ2n) is 5.96. The zero-order valence-electron chi connectivity index (χ0n) is 13.0. The molecule has 2 heterocycles. The number of nitriles is 1. The lowest BCUT2D eigenvalue weighted by Crippen LogP contribution is -2.35. The van der Waals surface area contributed by atoms with E-state index in [-0.39, 0.29) is 5.69 Å². The van der Waals surface area contributed by atoms with Crippen molar-refractivity contribution in [1.29, 1.82) is 5.26 Å². The molecule has 1 aliphatic heterocycles. The van der Waals surface area contributed by atoms with Gasteiger partial charge in [-0.05, 0) is 30.9 Å². The first-order valence-electron chi connectivity index (χ1n) is 7.86. The van der Waals surface area contributed by atoms with Gasteiger partial charge in [0.2, 0.25) is 0 Å². The molecule has 0 N–H and O–H groups in total. The normalized spacial score (nSPS) is 17.9. The van der Waals surface area contributed by atoms with Gasteiger partial charge in [0.1, 0.15) is 5.82 Å². The number of fused-ring (bicyclic) bond motifs is 1. The van der Waals surface area contributed by atoms with E-state index in [1.54, 1.807) is 12.1 Å². The van der Waals surface area contributed by atoms with Crippen molar-refractivity contribution >= 4 is 22.4 Å².